The Kier molecular flexibility index (Phi) is 6.39. The lowest BCUT2D eigenvalue weighted by Gasteiger charge is -2.32. The molecule has 0 bridgehead atoms. The standard InChI is InChI=1S/C19H27NO6S/c1-2-25-11-12-26-15-7-9-16(10-8-15)27(23,24)20-17-6-4-3-5-14(17)13-18(20)19(21)22/h7-10,14,17-18H,2-6,11-13H2,1H3,(H,21,22). The molecule has 27 heavy (non-hydrogen) atoms. The third kappa shape index (κ3) is 4.28. The maximum Gasteiger partial charge on any atom is 0.322 e. The van der Waals surface area contributed by atoms with Gasteiger partial charge in [0.15, 0.2) is 0 Å². The number of fused-ring (bicyclic) bond motifs is 1. The average molecular weight is 397 g/mol. The smallest absolute Gasteiger partial charge is 0.322 e. The van der Waals surface area contributed by atoms with Crippen LogP contribution in [-0.4, -0.2) is 55.7 Å². The Morgan fingerprint density at radius 3 is 2.56 bits per heavy atom. The topological polar surface area (TPSA) is 93.1 Å². The van der Waals surface area contributed by atoms with Crippen LogP contribution < -0.4 is 4.74 Å². The Balaban J connectivity index is 1.78. The third-order valence-electron chi connectivity index (χ3n) is 5.41. The maximum absolute atomic E-state index is 13.2. The van der Waals surface area contributed by atoms with Gasteiger partial charge in [-0.25, -0.2) is 8.42 Å². The van der Waals surface area contributed by atoms with Gasteiger partial charge in [-0.15, -0.1) is 0 Å². The Morgan fingerprint density at radius 1 is 1.19 bits per heavy atom. The average Bonchev–Trinajstić information content (AvgIpc) is 3.06. The monoisotopic (exact) mass is 397 g/mol. The molecule has 1 aliphatic carbocycles. The third-order valence-corrected chi connectivity index (χ3v) is 7.36. The van der Waals surface area contributed by atoms with Gasteiger partial charge in [-0.2, -0.15) is 4.31 Å². The van der Waals surface area contributed by atoms with Crippen molar-refractivity contribution in [1.82, 2.24) is 4.31 Å². The van der Waals surface area contributed by atoms with Crippen LogP contribution in [0.5, 0.6) is 5.75 Å². The van der Waals surface area contributed by atoms with Gasteiger partial charge in [0.2, 0.25) is 10.0 Å². The van der Waals surface area contributed by atoms with Crippen LogP contribution >= 0.6 is 0 Å². The number of ether oxygens (including phenoxy) is 2. The molecule has 0 amide bonds. The van der Waals surface area contributed by atoms with Crippen LogP contribution in [0.25, 0.3) is 0 Å². The first-order valence-electron chi connectivity index (χ1n) is 9.52. The van der Waals surface area contributed by atoms with Crippen molar-refractivity contribution < 1.29 is 27.8 Å². The van der Waals surface area contributed by atoms with Gasteiger partial charge >= 0.3 is 5.97 Å². The molecule has 3 atom stereocenters. The lowest BCUT2D eigenvalue weighted by molar-refractivity contribution is -0.141. The number of carboxylic acids is 1. The van der Waals surface area contributed by atoms with Gasteiger partial charge in [-0.05, 0) is 56.4 Å². The highest BCUT2D eigenvalue weighted by Crippen LogP contribution is 2.42. The van der Waals surface area contributed by atoms with E-state index < -0.39 is 22.0 Å². The molecule has 2 fully saturated rings. The largest absolute Gasteiger partial charge is 0.491 e. The molecule has 7 nitrogen and oxygen atoms in total. The van der Waals surface area contributed by atoms with Crippen molar-refractivity contribution in [2.24, 2.45) is 5.92 Å². The van der Waals surface area contributed by atoms with Gasteiger partial charge in [0.1, 0.15) is 18.4 Å². The van der Waals surface area contributed by atoms with E-state index in [0.29, 0.717) is 32.0 Å². The molecule has 2 aliphatic rings. The second kappa shape index (κ2) is 8.58. The first-order valence-corrected chi connectivity index (χ1v) is 11.0. The molecule has 0 radical (unpaired) electrons. The molecule has 1 aromatic carbocycles. The molecule has 1 aromatic rings. The summed E-state index contributed by atoms with van der Waals surface area (Å²) in [5, 5.41) is 9.59. The number of carboxylic acid groups (broad SMARTS) is 1. The lowest BCUT2D eigenvalue weighted by atomic mass is 9.85. The maximum atomic E-state index is 13.2. The molecule has 1 saturated heterocycles. The molecule has 0 aromatic heterocycles. The SMILES string of the molecule is CCOCCOc1ccc(S(=O)(=O)N2C(C(=O)O)CC3CCCCC32)cc1. The van der Waals surface area contributed by atoms with Crippen LogP contribution in [-0.2, 0) is 19.6 Å². The summed E-state index contributed by atoms with van der Waals surface area (Å²) in [6.45, 7) is 3.37. The summed E-state index contributed by atoms with van der Waals surface area (Å²) in [5.41, 5.74) is 0. The zero-order valence-corrected chi connectivity index (χ0v) is 16.4. The molecule has 1 heterocycles. The van der Waals surface area contributed by atoms with Gasteiger partial charge in [0.25, 0.3) is 0 Å². The van der Waals surface area contributed by atoms with Gasteiger partial charge in [-0.1, -0.05) is 12.8 Å². The number of sulfonamides is 1. The summed E-state index contributed by atoms with van der Waals surface area (Å²) in [6.07, 6.45) is 4.00. The zero-order chi connectivity index (χ0) is 19.4. The second-order valence-electron chi connectivity index (χ2n) is 7.05. The predicted molar refractivity (Wildman–Crippen MR) is 99.2 cm³/mol. The van der Waals surface area contributed by atoms with Crippen LogP contribution in [0, 0.1) is 5.92 Å². The normalized spacial score (nSPS) is 25.9. The fraction of sp³-hybridized carbons (Fsp3) is 0.632. The van der Waals surface area contributed by atoms with E-state index in [9.17, 15) is 18.3 Å². The molecular weight excluding hydrogens is 370 g/mol. The molecule has 1 N–H and O–H groups in total. The quantitative estimate of drug-likeness (QED) is 0.678. The lowest BCUT2D eigenvalue weighted by Crippen LogP contribution is -2.46. The number of nitrogens with zero attached hydrogens (tertiary/aromatic N) is 1. The summed E-state index contributed by atoms with van der Waals surface area (Å²) in [7, 11) is -3.88. The molecule has 150 valence electrons. The molecule has 3 rings (SSSR count). The van der Waals surface area contributed by atoms with Crippen molar-refractivity contribution in [1.29, 1.82) is 0 Å². The van der Waals surface area contributed by atoms with E-state index in [1.54, 1.807) is 12.1 Å². The fourth-order valence-electron chi connectivity index (χ4n) is 4.17. The van der Waals surface area contributed by atoms with Crippen molar-refractivity contribution in [3.63, 3.8) is 0 Å². The van der Waals surface area contributed by atoms with Gasteiger partial charge in [-0.3, -0.25) is 4.79 Å². The Hall–Kier alpha value is -1.64. The Labute approximate surface area is 160 Å². The van der Waals surface area contributed by atoms with E-state index in [0.717, 1.165) is 25.7 Å². The summed E-state index contributed by atoms with van der Waals surface area (Å²) in [4.78, 5) is 11.8. The minimum atomic E-state index is -3.88. The van der Waals surface area contributed by atoms with Crippen molar-refractivity contribution >= 4 is 16.0 Å². The Morgan fingerprint density at radius 2 is 1.89 bits per heavy atom. The van der Waals surface area contributed by atoms with E-state index >= 15 is 0 Å². The van der Waals surface area contributed by atoms with Crippen LogP contribution in [0.4, 0.5) is 0 Å². The summed E-state index contributed by atoms with van der Waals surface area (Å²) in [5.74, 6) is -0.375. The van der Waals surface area contributed by atoms with Crippen molar-refractivity contribution in [3.8, 4) is 5.75 Å². The first kappa shape index (κ1) is 20.1. The molecule has 0 spiro atoms. The van der Waals surface area contributed by atoms with E-state index in [4.69, 9.17) is 9.47 Å². The minimum absolute atomic E-state index is 0.108. The summed E-state index contributed by atoms with van der Waals surface area (Å²) in [6, 6.07) is 4.98. The van der Waals surface area contributed by atoms with Crippen molar-refractivity contribution in [2.45, 2.75) is 56.0 Å². The van der Waals surface area contributed by atoms with E-state index in [1.807, 2.05) is 6.92 Å². The van der Waals surface area contributed by atoms with Gasteiger partial charge in [0.05, 0.1) is 11.5 Å². The summed E-state index contributed by atoms with van der Waals surface area (Å²) < 4.78 is 38.4. The summed E-state index contributed by atoms with van der Waals surface area (Å²) >= 11 is 0. The molecule has 1 aliphatic heterocycles. The van der Waals surface area contributed by atoms with E-state index in [2.05, 4.69) is 0 Å². The van der Waals surface area contributed by atoms with Gasteiger partial charge in [0, 0.05) is 12.6 Å². The van der Waals surface area contributed by atoms with Crippen LogP contribution in [0.3, 0.4) is 0 Å². The van der Waals surface area contributed by atoms with E-state index in [-0.39, 0.29) is 16.9 Å². The number of aliphatic carboxylic acids is 1. The van der Waals surface area contributed by atoms with Crippen LogP contribution in [0.15, 0.2) is 29.2 Å². The number of hydrogen-bond acceptors (Lipinski definition) is 5. The highest BCUT2D eigenvalue weighted by atomic mass is 32.2. The van der Waals surface area contributed by atoms with Crippen LogP contribution in [0.2, 0.25) is 0 Å². The molecule has 1 saturated carbocycles. The number of benzene rings is 1. The second-order valence-corrected chi connectivity index (χ2v) is 8.90. The van der Waals surface area contributed by atoms with Crippen LogP contribution in [0.1, 0.15) is 39.0 Å². The Bertz CT molecular complexity index is 748. The highest BCUT2D eigenvalue weighted by Gasteiger charge is 2.51. The predicted octanol–water partition coefficient (Wildman–Crippen LogP) is 2.51. The fourth-order valence-corrected chi connectivity index (χ4v) is 6.04. The van der Waals surface area contributed by atoms with E-state index in [1.165, 1.54) is 16.4 Å². The number of hydrogen-bond donors (Lipinski definition) is 1. The van der Waals surface area contributed by atoms with Gasteiger partial charge < -0.3 is 14.6 Å². The number of rotatable bonds is 8. The molecule has 3 unspecified atom stereocenters. The van der Waals surface area contributed by atoms with Crippen molar-refractivity contribution in [2.75, 3.05) is 19.8 Å². The molecular formula is C19H27NO6S. The zero-order valence-electron chi connectivity index (χ0n) is 15.5. The van der Waals surface area contributed by atoms with Crippen molar-refractivity contribution in [3.05, 3.63) is 24.3 Å². The molecule has 8 heteroatoms. The minimum Gasteiger partial charge on any atom is -0.491 e. The first-order chi connectivity index (χ1) is 12.9. The highest BCUT2D eigenvalue weighted by molar-refractivity contribution is 7.89. The number of carbonyl (C=O) groups is 1.